The lowest BCUT2D eigenvalue weighted by Crippen LogP contribution is -2.33. The maximum Gasteiger partial charge on any atom is 0.246 e. The summed E-state index contributed by atoms with van der Waals surface area (Å²) in [5.74, 6) is 3.12. The lowest BCUT2D eigenvalue weighted by molar-refractivity contribution is -0.0345. The van der Waals surface area contributed by atoms with Crippen LogP contribution in [0.3, 0.4) is 0 Å². The molecule has 2 aromatic heterocycles. The van der Waals surface area contributed by atoms with Crippen LogP contribution in [0.5, 0.6) is 11.5 Å². The zero-order chi connectivity index (χ0) is 17.7. The fraction of sp³-hybridized carbons (Fsp3) is 0.250. The summed E-state index contributed by atoms with van der Waals surface area (Å²) in [6.07, 6.45) is 0.426. The molecule has 0 saturated carbocycles. The van der Waals surface area contributed by atoms with Gasteiger partial charge in [-0.3, -0.25) is 0 Å². The molecule has 0 saturated heterocycles. The molecule has 2 atom stereocenters. The highest BCUT2D eigenvalue weighted by molar-refractivity contribution is 7.12. The molecule has 4 heterocycles. The van der Waals surface area contributed by atoms with E-state index < -0.39 is 6.23 Å². The second-order valence-corrected chi connectivity index (χ2v) is 7.37. The summed E-state index contributed by atoms with van der Waals surface area (Å²) in [5.41, 5.74) is 2.18. The lowest BCUT2D eigenvalue weighted by Gasteiger charge is -2.37. The first-order chi connectivity index (χ1) is 12.7. The summed E-state index contributed by atoms with van der Waals surface area (Å²) < 4.78 is 17.7. The highest BCUT2D eigenvalue weighted by Crippen LogP contribution is 2.50. The van der Waals surface area contributed by atoms with Crippen LogP contribution in [-0.4, -0.2) is 17.8 Å². The average Bonchev–Trinajstić information content (AvgIpc) is 3.40. The van der Waals surface area contributed by atoms with Gasteiger partial charge in [-0.2, -0.15) is 5.10 Å². The van der Waals surface area contributed by atoms with Crippen molar-refractivity contribution in [3.8, 4) is 11.5 Å². The molecule has 0 N–H and O–H groups in total. The third-order valence-corrected chi connectivity index (χ3v) is 5.73. The molecular weight excluding hydrogens is 348 g/mol. The van der Waals surface area contributed by atoms with Gasteiger partial charge in [-0.25, -0.2) is 5.01 Å². The minimum Gasteiger partial charge on any atom is -0.493 e. The van der Waals surface area contributed by atoms with Gasteiger partial charge in [0.25, 0.3) is 0 Å². The van der Waals surface area contributed by atoms with Crippen LogP contribution in [0.4, 0.5) is 0 Å². The van der Waals surface area contributed by atoms with E-state index in [2.05, 4.69) is 23.6 Å². The molecule has 0 spiro atoms. The third kappa shape index (κ3) is 2.33. The maximum atomic E-state index is 6.34. The third-order valence-electron chi connectivity index (χ3n) is 4.81. The Morgan fingerprint density at radius 3 is 2.85 bits per heavy atom. The zero-order valence-corrected chi connectivity index (χ0v) is 15.3. The molecule has 6 heteroatoms. The SMILES string of the molecule is COc1cccc2c1OC(c1ccc(C)o1)N1N=C(c3cccs3)CC21. The number of nitrogens with zero attached hydrogens (tertiary/aromatic N) is 2. The smallest absolute Gasteiger partial charge is 0.246 e. The van der Waals surface area contributed by atoms with Crippen LogP contribution in [0.2, 0.25) is 0 Å². The van der Waals surface area contributed by atoms with Crippen molar-refractivity contribution in [2.24, 2.45) is 5.10 Å². The van der Waals surface area contributed by atoms with Gasteiger partial charge in [0, 0.05) is 12.0 Å². The summed E-state index contributed by atoms with van der Waals surface area (Å²) in [5, 5.41) is 9.01. The van der Waals surface area contributed by atoms with E-state index in [1.54, 1.807) is 18.4 Å². The van der Waals surface area contributed by atoms with Gasteiger partial charge >= 0.3 is 0 Å². The quantitative estimate of drug-likeness (QED) is 0.661. The Labute approximate surface area is 155 Å². The molecule has 3 aromatic rings. The van der Waals surface area contributed by atoms with Crippen molar-refractivity contribution < 1.29 is 13.9 Å². The molecule has 5 rings (SSSR count). The van der Waals surface area contributed by atoms with Crippen molar-refractivity contribution in [2.45, 2.75) is 25.6 Å². The van der Waals surface area contributed by atoms with Crippen molar-refractivity contribution >= 4 is 17.0 Å². The molecule has 2 unspecified atom stereocenters. The van der Waals surface area contributed by atoms with Gasteiger partial charge in [-0.15, -0.1) is 11.3 Å². The predicted octanol–water partition coefficient (Wildman–Crippen LogP) is 4.90. The Hall–Kier alpha value is -2.73. The van der Waals surface area contributed by atoms with Crippen molar-refractivity contribution in [1.29, 1.82) is 0 Å². The molecule has 2 aliphatic heterocycles. The first kappa shape index (κ1) is 15.5. The van der Waals surface area contributed by atoms with Crippen molar-refractivity contribution in [3.63, 3.8) is 0 Å². The van der Waals surface area contributed by atoms with E-state index in [-0.39, 0.29) is 6.04 Å². The molecular formula is C20H18N2O3S. The number of methoxy groups -OCH3 is 1. The molecule has 1 aromatic carbocycles. The van der Waals surface area contributed by atoms with Gasteiger partial charge in [-0.1, -0.05) is 18.2 Å². The Morgan fingerprint density at radius 1 is 1.19 bits per heavy atom. The van der Waals surface area contributed by atoms with Crippen LogP contribution in [0.25, 0.3) is 0 Å². The minimum atomic E-state index is -0.407. The normalized spacial score (nSPS) is 21.0. The number of ether oxygens (including phenoxy) is 2. The number of aryl methyl sites for hydroxylation is 1. The number of hydrogen-bond donors (Lipinski definition) is 0. The van der Waals surface area contributed by atoms with Gasteiger partial charge in [0.2, 0.25) is 6.23 Å². The van der Waals surface area contributed by atoms with E-state index in [9.17, 15) is 0 Å². The number of para-hydroxylation sites is 1. The van der Waals surface area contributed by atoms with Crippen LogP contribution in [-0.2, 0) is 0 Å². The van der Waals surface area contributed by atoms with E-state index in [1.165, 1.54) is 4.88 Å². The lowest BCUT2D eigenvalue weighted by atomic mass is 9.98. The van der Waals surface area contributed by atoms with Crippen LogP contribution in [0.15, 0.2) is 57.4 Å². The van der Waals surface area contributed by atoms with Gasteiger partial charge in [0.05, 0.1) is 23.7 Å². The maximum absolute atomic E-state index is 6.34. The van der Waals surface area contributed by atoms with Crippen molar-refractivity contribution in [3.05, 3.63) is 69.8 Å². The van der Waals surface area contributed by atoms with Crippen molar-refractivity contribution in [1.82, 2.24) is 5.01 Å². The summed E-state index contributed by atoms with van der Waals surface area (Å²) >= 11 is 1.71. The van der Waals surface area contributed by atoms with Crippen LogP contribution >= 0.6 is 11.3 Å². The van der Waals surface area contributed by atoms with Crippen LogP contribution in [0.1, 0.15) is 40.7 Å². The Balaban J connectivity index is 1.63. The highest BCUT2D eigenvalue weighted by atomic mass is 32.1. The molecule has 0 fully saturated rings. The summed E-state index contributed by atoms with van der Waals surface area (Å²) in [4.78, 5) is 1.19. The van der Waals surface area contributed by atoms with E-state index in [0.29, 0.717) is 0 Å². The Bertz CT molecular complexity index is 977. The van der Waals surface area contributed by atoms with Gasteiger partial charge < -0.3 is 13.9 Å². The molecule has 5 nitrogen and oxygen atoms in total. The number of fused-ring (bicyclic) bond motifs is 3. The van der Waals surface area contributed by atoms with Crippen molar-refractivity contribution in [2.75, 3.05) is 7.11 Å². The minimum absolute atomic E-state index is 0.0985. The first-order valence-electron chi connectivity index (χ1n) is 8.54. The number of furan rings is 1. The standard InChI is InChI=1S/C20H18N2O3S/c1-12-8-9-17(24-12)20-22-15(11-14(21-22)18-7-4-10-26-18)13-5-3-6-16(23-2)19(13)25-20/h3-10,15,20H,11H2,1-2H3. The van der Waals surface area contributed by atoms with E-state index >= 15 is 0 Å². The van der Waals surface area contributed by atoms with E-state index in [1.807, 2.05) is 36.2 Å². The van der Waals surface area contributed by atoms with Gasteiger partial charge in [0.15, 0.2) is 17.3 Å². The molecule has 2 aliphatic rings. The van der Waals surface area contributed by atoms with E-state index in [0.717, 1.165) is 40.7 Å². The van der Waals surface area contributed by atoms with E-state index in [4.69, 9.17) is 19.0 Å². The molecule has 0 bridgehead atoms. The topological polar surface area (TPSA) is 47.2 Å². The number of thiophene rings is 1. The number of rotatable bonds is 3. The predicted molar refractivity (Wildman–Crippen MR) is 99.9 cm³/mol. The number of hydrazone groups is 1. The average molecular weight is 366 g/mol. The van der Waals surface area contributed by atoms with Gasteiger partial charge in [-0.05, 0) is 36.6 Å². The Kier molecular flexibility index (Phi) is 3.53. The molecule has 132 valence electrons. The fourth-order valence-corrected chi connectivity index (χ4v) is 4.33. The zero-order valence-electron chi connectivity index (χ0n) is 14.5. The number of hydrogen-bond acceptors (Lipinski definition) is 6. The second-order valence-electron chi connectivity index (χ2n) is 6.42. The molecule has 0 aliphatic carbocycles. The monoisotopic (exact) mass is 366 g/mol. The van der Waals surface area contributed by atoms with Crippen LogP contribution < -0.4 is 9.47 Å². The summed E-state index contributed by atoms with van der Waals surface area (Å²) in [6.45, 7) is 1.93. The van der Waals surface area contributed by atoms with Gasteiger partial charge in [0.1, 0.15) is 5.76 Å². The fourth-order valence-electron chi connectivity index (χ4n) is 3.61. The molecule has 0 radical (unpaired) electrons. The Morgan fingerprint density at radius 2 is 2.12 bits per heavy atom. The highest BCUT2D eigenvalue weighted by Gasteiger charge is 2.43. The molecule has 0 amide bonds. The van der Waals surface area contributed by atoms with Crippen LogP contribution in [0, 0.1) is 6.92 Å². The molecule has 26 heavy (non-hydrogen) atoms. The largest absolute Gasteiger partial charge is 0.493 e. The summed E-state index contributed by atoms with van der Waals surface area (Å²) in [6, 6.07) is 14.2. The summed E-state index contributed by atoms with van der Waals surface area (Å²) in [7, 11) is 1.67. The second kappa shape index (κ2) is 5.92. The number of benzene rings is 1. The first-order valence-corrected chi connectivity index (χ1v) is 9.42.